The minimum Gasteiger partial charge on any atom is -0.494 e. The highest BCUT2D eigenvalue weighted by atomic mass is 35.5. The van der Waals surface area contributed by atoms with E-state index >= 15 is 0 Å². The molecule has 0 fully saturated rings. The molecule has 0 saturated heterocycles. The number of fused-ring (bicyclic) bond motifs is 1. The van der Waals surface area contributed by atoms with Gasteiger partial charge in [-0.1, -0.05) is 30.3 Å². The van der Waals surface area contributed by atoms with Crippen molar-refractivity contribution in [2.24, 2.45) is 0 Å². The number of nitrogens with one attached hydrogen (secondary N) is 1. The van der Waals surface area contributed by atoms with Crippen molar-refractivity contribution in [2.75, 3.05) is 12.4 Å². The Balaban J connectivity index is 1.98. The van der Waals surface area contributed by atoms with Gasteiger partial charge in [-0.15, -0.1) is 0 Å². The Morgan fingerprint density at radius 1 is 1.09 bits per heavy atom. The molecule has 0 atom stereocenters. The highest BCUT2D eigenvalue weighted by molar-refractivity contribution is 6.29. The molecule has 0 saturated carbocycles. The summed E-state index contributed by atoms with van der Waals surface area (Å²) in [6, 6.07) is 14.0. The molecule has 0 aliphatic heterocycles. The van der Waals surface area contributed by atoms with Crippen molar-refractivity contribution in [2.45, 2.75) is 13.5 Å². The molecule has 0 spiro atoms. The van der Waals surface area contributed by atoms with Crippen LogP contribution in [0.15, 0.2) is 42.5 Å². The van der Waals surface area contributed by atoms with E-state index in [0.29, 0.717) is 23.6 Å². The second-order valence-electron chi connectivity index (χ2n) is 4.98. The van der Waals surface area contributed by atoms with Gasteiger partial charge in [0.2, 0.25) is 5.28 Å². The van der Waals surface area contributed by atoms with Crippen molar-refractivity contribution in [3.8, 4) is 5.75 Å². The Hall–Kier alpha value is -2.33. The summed E-state index contributed by atoms with van der Waals surface area (Å²) < 4.78 is 5.34. The Morgan fingerprint density at radius 3 is 2.68 bits per heavy atom. The number of hydrogen-bond acceptors (Lipinski definition) is 4. The van der Waals surface area contributed by atoms with Gasteiger partial charge in [-0.05, 0) is 41.8 Å². The van der Waals surface area contributed by atoms with Gasteiger partial charge in [0.15, 0.2) is 0 Å². The lowest BCUT2D eigenvalue weighted by Gasteiger charge is -2.12. The quantitative estimate of drug-likeness (QED) is 0.733. The summed E-state index contributed by atoms with van der Waals surface area (Å²) in [4.78, 5) is 8.58. The predicted molar refractivity (Wildman–Crippen MR) is 89.6 cm³/mol. The number of benzene rings is 2. The van der Waals surface area contributed by atoms with Crippen LogP contribution in [0.3, 0.4) is 0 Å². The van der Waals surface area contributed by atoms with Crippen LogP contribution >= 0.6 is 11.6 Å². The number of nitrogens with zero attached hydrogens (tertiary/aromatic N) is 2. The van der Waals surface area contributed by atoms with Crippen molar-refractivity contribution < 1.29 is 4.74 Å². The van der Waals surface area contributed by atoms with Crippen LogP contribution in [-0.4, -0.2) is 17.1 Å². The number of para-hydroxylation sites is 1. The lowest BCUT2D eigenvalue weighted by Crippen LogP contribution is -2.04. The van der Waals surface area contributed by atoms with Gasteiger partial charge in [0.25, 0.3) is 0 Å². The first-order valence-electron chi connectivity index (χ1n) is 6.97. The fourth-order valence-corrected chi connectivity index (χ4v) is 2.55. The molecule has 22 heavy (non-hydrogen) atoms. The van der Waals surface area contributed by atoms with Gasteiger partial charge in [-0.25, -0.2) is 9.97 Å². The van der Waals surface area contributed by atoms with E-state index in [4.69, 9.17) is 16.3 Å². The van der Waals surface area contributed by atoms with Crippen LogP contribution in [0.4, 0.5) is 5.82 Å². The molecule has 4 nitrogen and oxygen atoms in total. The van der Waals surface area contributed by atoms with Crippen LogP contribution in [0.2, 0.25) is 5.28 Å². The van der Waals surface area contributed by atoms with Crippen molar-refractivity contribution in [3.63, 3.8) is 0 Å². The van der Waals surface area contributed by atoms with Crippen LogP contribution < -0.4 is 10.1 Å². The van der Waals surface area contributed by atoms with E-state index in [2.05, 4.69) is 34.3 Å². The number of ether oxygens (including phenoxy) is 1. The van der Waals surface area contributed by atoms with Gasteiger partial charge in [-0.3, -0.25) is 0 Å². The molecular formula is C17H16ClN3O. The number of methoxy groups -OCH3 is 1. The summed E-state index contributed by atoms with van der Waals surface area (Å²) in [6.07, 6.45) is 0. The molecule has 0 unspecified atom stereocenters. The summed E-state index contributed by atoms with van der Waals surface area (Å²) in [5, 5.41) is 4.43. The Kier molecular flexibility index (Phi) is 4.11. The first-order valence-corrected chi connectivity index (χ1v) is 7.35. The smallest absolute Gasteiger partial charge is 0.225 e. The summed E-state index contributed by atoms with van der Waals surface area (Å²) in [5.74, 6) is 1.39. The first kappa shape index (κ1) is 14.6. The third-order valence-corrected chi connectivity index (χ3v) is 3.76. The number of anilines is 1. The molecule has 0 bridgehead atoms. The predicted octanol–water partition coefficient (Wildman–Crippen LogP) is 4.21. The molecule has 0 radical (unpaired) electrons. The number of halogens is 1. The van der Waals surface area contributed by atoms with Gasteiger partial charge in [0.05, 0.1) is 7.11 Å². The average Bonchev–Trinajstić information content (AvgIpc) is 2.53. The van der Waals surface area contributed by atoms with Gasteiger partial charge < -0.3 is 10.1 Å². The number of rotatable bonds is 4. The van der Waals surface area contributed by atoms with Crippen molar-refractivity contribution in [1.29, 1.82) is 0 Å². The molecule has 1 aromatic heterocycles. The Labute approximate surface area is 134 Å². The highest BCUT2D eigenvalue weighted by Crippen LogP contribution is 2.29. The lowest BCUT2D eigenvalue weighted by atomic mass is 10.1. The van der Waals surface area contributed by atoms with E-state index in [1.165, 1.54) is 11.1 Å². The maximum Gasteiger partial charge on any atom is 0.225 e. The van der Waals surface area contributed by atoms with Gasteiger partial charge in [0.1, 0.15) is 17.1 Å². The van der Waals surface area contributed by atoms with E-state index in [-0.39, 0.29) is 5.28 Å². The monoisotopic (exact) mass is 313 g/mol. The standard InChI is InChI=1S/C17H16ClN3O/c1-11-6-3-4-7-12(11)10-19-16-13-8-5-9-14(22-2)15(13)20-17(18)21-16/h3-9H,10H2,1-2H3,(H,19,20,21). The van der Waals surface area contributed by atoms with Gasteiger partial charge in [-0.2, -0.15) is 0 Å². The maximum absolute atomic E-state index is 6.05. The normalized spacial score (nSPS) is 10.7. The summed E-state index contributed by atoms with van der Waals surface area (Å²) in [5.41, 5.74) is 3.16. The number of hydrogen-bond donors (Lipinski definition) is 1. The van der Waals surface area contributed by atoms with E-state index < -0.39 is 0 Å². The summed E-state index contributed by atoms with van der Waals surface area (Å²) >= 11 is 6.05. The molecule has 0 aliphatic rings. The second kappa shape index (κ2) is 6.20. The minimum absolute atomic E-state index is 0.198. The fraction of sp³-hybridized carbons (Fsp3) is 0.176. The Morgan fingerprint density at radius 2 is 1.91 bits per heavy atom. The van der Waals surface area contributed by atoms with Crippen LogP contribution in [0.1, 0.15) is 11.1 Å². The average molecular weight is 314 g/mol. The highest BCUT2D eigenvalue weighted by Gasteiger charge is 2.10. The Bertz CT molecular complexity index is 820. The molecule has 0 aliphatic carbocycles. The lowest BCUT2D eigenvalue weighted by molar-refractivity contribution is 0.419. The largest absolute Gasteiger partial charge is 0.494 e. The molecule has 112 valence electrons. The third kappa shape index (κ3) is 2.83. The number of aryl methyl sites for hydroxylation is 1. The molecular weight excluding hydrogens is 298 g/mol. The fourth-order valence-electron chi connectivity index (χ4n) is 2.39. The SMILES string of the molecule is COc1cccc2c(NCc3ccccc3C)nc(Cl)nc12. The zero-order chi connectivity index (χ0) is 15.5. The van der Waals surface area contributed by atoms with Gasteiger partial charge in [0, 0.05) is 11.9 Å². The van der Waals surface area contributed by atoms with Crippen LogP contribution in [0, 0.1) is 6.92 Å². The molecule has 2 aromatic carbocycles. The minimum atomic E-state index is 0.198. The topological polar surface area (TPSA) is 47.0 Å². The summed E-state index contributed by atoms with van der Waals surface area (Å²) in [7, 11) is 1.62. The first-order chi connectivity index (χ1) is 10.7. The van der Waals surface area contributed by atoms with Crippen LogP contribution in [-0.2, 0) is 6.54 Å². The van der Waals surface area contributed by atoms with E-state index in [1.807, 2.05) is 30.3 Å². The zero-order valence-electron chi connectivity index (χ0n) is 12.4. The molecule has 1 heterocycles. The van der Waals surface area contributed by atoms with Crippen molar-refractivity contribution in [3.05, 3.63) is 58.9 Å². The van der Waals surface area contributed by atoms with E-state index in [1.54, 1.807) is 7.11 Å². The van der Waals surface area contributed by atoms with E-state index in [0.717, 1.165) is 5.39 Å². The van der Waals surface area contributed by atoms with Crippen molar-refractivity contribution >= 4 is 28.3 Å². The second-order valence-corrected chi connectivity index (χ2v) is 5.32. The molecule has 0 amide bonds. The zero-order valence-corrected chi connectivity index (χ0v) is 13.2. The molecule has 5 heteroatoms. The number of aromatic nitrogens is 2. The summed E-state index contributed by atoms with van der Waals surface area (Å²) in [6.45, 7) is 2.76. The van der Waals surface area contributed by atoms with Crippen LogP contribution in [0.5, 0.6) is 5.75 Å². The van der Waals surface area contributed by atoms with Crippen LogP contribution in [0.25, 0.3) is 10.9 Å². The van der Waals surface area contributed by atoms with E-state index in [9.17, 15) is 0 Å². The molecule has 3 rings (SSSR count). The molecule has 1 N–H and O–H groups in total. The van der Waals surface area contributed by atoms with Gasteiger partial charge >= 0.3 is 0 Å². The third-order valence-electron chi connectivity index (χ3n) is 3.59. The molecule has 3 aromatic rings. The maximum atomic E-state index is 6.05. The van der Waals surface area contributed by atoms with Crippen molar-refractivity contribution in [1.82, 2.24) is 9.97 Å².